The Labute approximate surface area is 177 Å². The summed E-state index contributed by atoms with van der Waals surface area (Å²) in [7, 11) is 1.52. The summed E-state index contributed by atoms with van der Waals surface area (Å²) in [6.07, 6.45) is 0.553. The minimum atomic E-state index is -0.279. The maximum Gasteiger partial charge on any atom is 0.255 e. The molecule has 7 heteroatoms. The van der Waals surface area contributed by atoms with E-state index in [0.717, 1.165) is 5.56 Å². The Balaban J connectivity index is 1.52. The first kappa shape index (κ1) is 19.3. The molecule has 0 atom stereocenters. The molecular formula is C22H16Cl2N2O3. The van der Waals surface area contributed by atoms with Crippen molar-refractivity contribution in [2.45, 2.75) is 6.42 Å². The van der Waals surface area contributed by atoms with Gasteiger partial charge in [-0.15, -0.1) is 0 Å². The van der Waals surface area contributed by atoms with E-state index in [9.17, 15) is 4.79 Å². The number of fused-ring (bicyclic) bond motifs is 1. The fraction of sp³-hybridized carbons (Fsp3) is 0.0909. The maximum atomic E-state index is 12.5. The molecule has 0 saturated heterocycles. The third kappa shape index (κ3) is 4.36. The second kappa shape index (κ2) is 8.15. The molecular weight excluding hydrogens is 411 g/mol. The molecule has 1 N–H and O–H groups in total. The average molecular weight is 427 g/mol. The van der Waals surface area contributed by atoms with Crippen LogP contribution < -0.4 is 10.1 Å². The maximum absolute atomic E-state index is 12.5. The van der Waals surface area contributed by atoms with E-state index in [2.05, 4.69) is 10.3 Å². The number of carbonyl (C=O) groups excluding carboxylic acids is 1. The molecule has 0 fully saturated rings. The van der Waals surface area contributed by atoms with E-state index in [1.54, 1.807) is 36.4 Å². The van der Waals surface area contributed by atoms with Gasteiger partial charge in [-0.2, -0.15) is 0 Å². The summed E-state index contributed by atoms with van der Waals surface area (Å²) in [5, 5.41) is 3.90. The molecule has 4 rings (SSSR count). The number of ether oxygens (including phenoxy) is 1. The molecule has 146 valence electrons. The fourth-order valence-electron chi connectivity index (χ4n) is 2.92. The van der Waals surface area contributed by atoms with Crippen LogP contribution >= 0.6 is 23.2 Å². The van der Waals surface area contributed by atoms with Crippen LogP contribution in [0.15, 0.2) is 65.1 Å². The summed E-state index contributed by atoms with van der Waals surface area (Å²) in [6.45, 7) is 0. The van der Waals surface area contributed by atoms with Crippen LogP contribution in [0.25, 0.3) is 11.1 Å². The van der Waals surface area contributed by atoms with Gasteiger partial charge in [0.15, 0.2) is 11.5 Å². The lowest BCUT2D eigenvalue weighted by molar-refractivity contribution is 0.102. The van der Waals surface area contributed by atoms with Crippen molar-refractivity contribution in [1.29, 1.82) is 0 Å². The van der Waals surface area contributed by atoms with Gasteiger partial charge in [-0.05, 0) is 54.1 Å². The molecule has 29 heavy (non-hydrogen) atoms. The summed E-state index contributed by atoms with van der Waals surface area (Å²) >= 11 is 12.0. The van der Waals surface area contributed by atoms with Crippen molar-refractivity contribution in [2.24, 2.45) is 0 Å². The Morgan fingerprint density at radius 2 is 1.86 bits per heavy atom. The number of oxazole rings is 1. The number of nitrogens with zero attached hydrogens (tertiary/aromatic N) is 1. The van der Waals surface area contributed by atoms with Crippen LogP contribution in [-0.2, 0) is 6.42 Å². The molecule has 3 aromatic carbocycles. The van der Waals surface area contributed by atoms with E-state index in [1.165, 1.54) is 7.11 Å². The lowest BCUT2D eigenvalue weighted by Crippen LogP contribution is -2.11. The van der Waals surface area contributed by atoms with Gasteiger partial charge in [-0.1, -0.05) is 35.3 Å². The molecule has 0 saturated carbocycles. The van der Waals surface area contributed by atoms with Crippen molar-refractivity contribution in [2.75, 3.05) is 12.4 Å². The van der Waals surface area contributed by atoms with E-state index < -0.39 is 0 Å². The molecule has 0 aliphatic heterocycles. The van der Waals surface area contributed by atoms with Gasteiger partial charge in [0.1, 0.15) is 11.3 Å². The quantitative estimate of drug-likeness (QED) is 0.425. The van der Waals surface area contributed by atoms with E-state index in [-0.39, 0.29) is 5.91 Å². The zero-order valence-corrected chi connectivity index (χ0v) is 16.9. The second-order valence-electron chi connectivity index (χ2n) is 6.40. The number of halogens is 2. The first-order valence-electron chi connectivity index (χ1n) is 8.80. The van der Waals surface area contributed by atoms with Crippen LogP contribution in [-0.4, -0.2) is 18.0 Å². The van der Waals surface area contributed by atoms with Gasteiger partial charge in [0, 0.05) is 22.7 Å². The molecule has 1 amide bonds. The topological polar surface area (TPSA) is 64.4 Å². The van der Waals surface area contributed by atoms with Gasteiger partial charge in [-0.3, -0.25) is 4.79 Å². The van der Waals surface area contributed by atoms with Crippen LogP contribution in [0.5, 0.6) is 5.75 Å². The zero-order chi connectivity index (χ0) is 20.4. The fourth-order valence-corrected chi connectivity index (χ4v) is 3.30. The molecule has 0 bridgehead atoms. The van der Waals surface area contributed by atoms with Crippen molar-refractivity contribution in [3.63, 3.8) is 0 Å². The minimum absolute atomic E-state index is 0.279. The van der Waals surface area contributed by atoms with Crippen LogP contribution in [0.2, 0.25) is 10.0 Å². The van der Waals surface area contributed by atoms with Gasteiger partial charge < -0.3 is 14.5 Å². The summed E-state index contributed by atoms with van der Waals surface area (Å²) in [4.78, 5) is 17.0. The number of hydrogen-bond acceptors (Lipinski definition) is 4. The van der Waals surface area contributed by atoms with Crippen LogP contribution in [0.3, 0.4) is 0 Å². The van der Waals surface area contributed by atoms with E-state index in [1.807, 2.05) is 24.3 Å². The smallest absolute Gasteiger partial charge is 0.255 e. The molecule has 0 spiro atoms. The van der Waals surface area contributed by atoms with Crippen molar-refractivity contribution in [3.05, 3.63) is 87.7 Å². The Morgan fingerprint density at radius 3 is 2.59 bits per heavy atom. The number of nitrogens with one attached hydrogen (secondary N) is 1. The number of benzene rings is 3. The predicted molar refractivity (Wildman–Crippen MR) is 114 cm³/mol. The van der Waals surface area contributed by atoms with E-state index >= 15 is 0 Å². The average Bonchev–Trinajstić information content (AvgIpc) is 3.11. The highest BCUT2D eigenvalue weighted by Gasteiger charge is 2.12. The van der Waals surface area contributed by atoms with Gasteiger partial charge in [0.2, 0.25) is 0 Å². The highest BCUT2D eigenvalue weighted by molar-refractivity contribution is 6.32. The van der Waals surface area contributed by atoms with Crippen molar-refractivity contribution < 1.29 is 13.9 Å². The highest BCUT2D eigenvalue weighted by atomic mass is 35.5. The van der Waals surface area contributed by atoms with Crippen molar-refractivity contribution in [1.82, 2.24) is 4.98 Å². The number of hydrogen-bond donors (Lipinski definition) is 1. The Hall–Kier alpha value is -3.02. The predicted octanol–water partition coefficient (Wildman–Crippen LogP) is 5.99. The van der Waals surface area contributed by atoms with Gasteiger partial charge in [0.05, 0.1) is 12.1 Å². The lowest BCUT2D eigenvalue weighted by Gasteiger charge is -2.07. The molecule has 4 aromatic rings. The normalized spacial score (nSPS) is 10.9. The van der Waals surface area contributed by atoms with E-state index in [0.29, 0.717) is 50.5 Å². The summed E-state index contributed by atoms with van der Waals surface area (Å²) in [6, 6.07) is 17.7. The molecule has 0 radical (unpaired) electrons. The third-order valence-electron chi connectivity index (χ3n) is 4.37. The number of aromatic nitrogens is 1. The van der Waals surface area contributed by atoms with Crippen LogP contribution in [0, 0.1) is 0 Å². The van der Waals surface area contributed by atoms with Crippen LogP contribution in [0.4, 0.5) is 5.69 Å². The van der Waals surface area contributed by atoms with Gasteiger partial charge >= 0.3 is 0 Å². The zero-order valence-electron chi connectivity index (χ0n) is 15.4. The molecule has 0 aliphatic rings. The minimum Gasteiger partial charge on any atom is -0.495 e. The number of methoxy groups -OCH3 is 1. The molecule has 0 aliphatic carbocycles. The largest absolute Gasteiger partial charge is 0.495 e. The molecule has 1 aromatic heterocycles. The summed E-state index contributed by atoms with van der Waals surface area (Å²) < 4.78 is 10.9. The number of amides is 1. The number of carbonyl (C=O) groups is 1. The molecule has 1 heterocycles. The molecule has 5 nitrogen and oxygen atoms in total. The Kier molecular flexibility index (Phi) is 5.43. The SMILES string of the molecule is COc1ccc(C(=O)Nc2ccc3oc(Cc4ccc(Cl)cc4)nc3c2)cc1Cl. The number of rotatable bonds is 5. The first-order valence-corrected chi connectivity index (χ1v) is 9.56. The molecule has 0 unspecified atom stereocenters. The van der Waals surface area contributed by atoms with Gasteiger partial charge in [-0.25, -0.2) is 4.98 Å². The Morgan fingerprint density at radius 1 is 1.07 bits per heavy atom. The first-order chi connectivity index (χ1) is 14.0. The monoisotopic (exact) mass is 426 g/mol. The van der Waals surface area contributed by atoms with E-state index in [4.69, 9.17) is 32.4 Å². The summed E-state index contributed by atoms with van der Waals surface area (Å²) in [5.74, 6) is 0.826. The number of anilines is 1. The van der Waals surface area contributed by atoms with Crippen molar-refractivity contribution >= 4 is 45.9 Å². The van der Waals surface area contributed by atoms with Gasteiger partial charge in [0.25, 0.3) is 5.91 Å². The highest BCUT2D eigenvalue weighted by Crippen LogP contribution is 2.26. The van der Waals surface area contributed by atoms with Crippen molar-refractivity contribution in [3.8, 4) is 5.75 Å². The second-order valence-corrected chi connectivity index (χ2v) is 7.24. The van der Waals surface area contributed by atoms with Crippen LogP contribution in [0.1, 0.15) is 21.8 Å². The standard InChI is InChI=1S/C22H16Cl2N2O3/c1-28-19-8-4-14(11-17(19)24)22(27)25-16-7-9-20-18(12-16)26-21(29-20)10-13-2-5-15(23)6-3-13/h2-9,11-12H,10H2,1H3,(H,25,27). The summed E-state index contributed by atoms with van der Waals surface area (Å²) in [5.41, 5.74) is 3.41. The third-order valence-corrected chi connectivity index (χ3v) is 4.92. The lowest BCUT2D eigenvalue weighted by atomic mass is 10.1. The Bertz CT molecular complexity index is 1190.